The summed E-state index contributed by atoms with van der Waals surface area (Å²) in [6.07, 6.45) is 1.92. The molecule has 0 aliphatic carbocycles. The van der Waals surface area contributed by atoms with E-state index >= 15 is 0 Å². The number of halogens is 1. The summed E-state index contributed by atoms with van der Waals surface area (Å²) in [6.45, 7) is 3.53. The lowest BCUT2D eigenvalue weighted by molar-refractivity contribution is 0.0621. The van der Waals surface area contributed by atoms with Gasteiger partial charge in [-0.2, -0.15) is 0 Å². The highest BCUT2D eigenvalue weighted by atomic mass is 35.5. The molecule has 0 radical (unpaired) electrons. The molecule has 20 heavy (non-hydrogen) atoms. The number of hydrogen-bond acceptors (Lipinski definition) is 4. The second-order valence-corrected chi connectivity index (χ2v) is 5.52. The van der Waals surface area contributed by atoms with Crippen LogP contribution in [0, 0.1) is 5.92 Å². The molecule has 0 aromatic heterocycles. The smallest absolute Gasteiger partial charge is 0.337 e. The van der Waals surface area contributed by atoms with Crippen molar-refractivity contribution in [2.45, 2.75) is 25.8 Å². The van der Waals surface area contributed by atoms with Crippen molar-refractivity contribution in [3.8, 4) is 0 Å². The Morgan fingerprint density at radius 1 is 1.50 bits per heavy atom. The van der Waals surface area contributed by atoms with Gasteiger partial charge in [0.2, 0.25) is 0 Å². The van der Waals surface area contributed by atoms with Gasteiger partial charge in [0.15, 0.2) is 0 Å². The Hall–Kier alpha value is -1.46. The molecule has 1 aliphatic rings. The molecular weight excluding hydrogens is 280 g/mol. The minimum atomic E-state index is -1.04. The third-order valence-electron chi connectivity index (χ3n) is 3.69. The summed E-state index contributed by atoms with van der Waals surface area (Å²) in [5, 5.41) is 12.8. The van der Waals surface area contributed by atoms with Gasteiger partial charge >= 0.3 is 5.97 Å². The highest BCUT2D eigenvalue weighted by Crippen LogP contribution is 2.31. The Balaban J connectivity index is 2.21. The standard InChI is InChI=1S/C14H19ClN2O3/c1-8(9-2-4-20-5-3-9)17-13-11(14(18)19)6-10(16)7-12(13)15/h6-9,17H,2-5,16H2,1H3,(H,18,19). The number of nitrogen functional groups attached to an aromatic ring is 1. The fourth-order valence-corrected chi connectivity index (χ4v) is 2.79. The molecule has 2 rings (SSSR count). The average Bonchev–Trinajstić information content (AvgIpc) is 2.42. The third kappa shape index (κ3) is 3.35. The predicted molar refractivity (Wildman–Crippen MR) is 79.5 cm³/mol. The van der Waals surface area contributed by atoms with Crippen LogP contribution >= 0.6 is 11.6 Å². The van der Waals surface area contributed by atoms with Crippen LogP contribution in [0.15, 0.2) is 12.1 Å². The van der Waals surface area contributed by atoms with Crippen molar-refractivity contribution >= 4 is 28.9 Å². The van der Waals surface area contributed by atoms with Crippen LogP contribution < -0.4 is 11.1 Å². The molecule has 1 heterocycles. The largest absolute Gasteiger partial charge is 0.478 e. The van der Waals surface area contributed by atoms with E-state index in [1.165, 1.54) is 6.07 Å². The Kier molecular flexibility index (Phi) is 4.73. The molecule has 1 saturated heterocycles. The van der Waals surface area contributed by atoms with E-state index in [0.29, 0.717) is 22.3 Å². The summed E-state index contributed by atoms with van der Waals surface area (Å²) < 4.78 is 5.34. The Morgan fingerprint density at radius 3 is 2.75 bits per heavy atom. The first-order chi connectivity index (χ1) is 9.49. The zero-order valence-corrected chi connectivity index (χ0v) is 12.1. The normalized spacial score (nSPS) is 17.7. The van der Waals surface area contributed by atoms with Gasteiger partial charge in [0.1, 0.15) is 0 Å². The van der Waals surface area contributed by atoms with E-state index in [4.69, 9.17) is 22.1 Å². The number of rotatable bonds is 4. The summed E-state index contributed by atoms with van der Waals surface area (Å²) in [7, 11) is 0. The van der Waals surface area contributed by atoms with Crippen molar-refractivity contribution in [3.63, 3.8) is 0 Å². The predicted octanol–water partition coefficient (Wildman–Crippen LogP) is 2.85. The van der Waals surface area contributed by atoms with Gasteiger partial charge in [0.05, 0.1) is 16.3 Å². The summed E-state index contributed by atoms with van der Waals surface area (Å²) in [4.78, 5) is 11.3. The fraction of sp³-hybridized carbons (Fsp3) is 0.500. The second-order valence-electron chi connectivity index (χ2n) is 5.11. The molecule has 0 bridgehead atoms. The topological polar surface area (TPSA) is 84.6 Å². The SMILES string of the molecule is CC(Nc1c(Cl)cc(N)cc1C(=O)O)C1CCOCC1. The molecule has 0 saturated carbocycles. The number of anilines is 2. The van der Waals surface area contributed by atoms with E-state index in [2.05, 4.69) is 5.32 Å². The average molecular weight is 299 g/mol. The quantitative estimate of drug-likeness (QED) is 0.744. The van der Waals surface area contributed by atoms with Crippen molar-refractivity contribution < 1.29 is 14.6 Å². The van der Waals surface area contributed by atoms with Crippen LogP contribution in [0.4, 0.5) is 11.4 Å². The zero-order chi connectivity index (χ0) is 14.7. The lowest BCUT2D eigenvalue weighted by atomic mass is 9.92. The molecule has 1 aromatic carbocycles. The fourth-order valence-electron chi connectivity index (χ4n) is 2.50. The van der Waals surface area contributed by atoms with Crippen molar-refractivity contribution in [3.05, 3.63) is 22.7 Å². The number of carboxylic acid groups (broad SMARTS) is 1. The molecule has 5 nitrogen and oxygen atoms in total. The molecule has 0 amide bonds. The number of carbonyl (C=O) groups is 1. The van der Waals surface area contributed by atoms with Gasteiger partial charge in [-0.05, 0) is 37.8 Å². The van der Waals surface area contributed by atoms with Crippen LogP contribution in [-0.2, 0) is 4.74 Å². The Labute approximate surface area is 123 Å². The number of carboxylic acids is 1. The van der Waals surface area contributed by atoms with Gasteiger partial charge in [-0.3, -0.25) is 0 Å². The van der Waals surface area contributed by atoms with E-state index in [1.807, 2.05) is 6.92 Å². The first-order valence-electron chi connectivity index (χ1n) is 6.65. The summed E-state index contributed by atoms with van der Waals surface area (Å²) in [5.74, 6) is -0.597. The maximum absolute atomic E-state index is 11.3. The minimum Gasteiger partial charge on any atom is -0.478 e. The minimum absolute atomic E-state index is 0.105. The van der Waals surface area contributed by atoms with Crippen LogP contribution in [0.3, 0.4) is 0 Å². The molecule has 4 N–H and O–H groups in total. The number of nitrogens with one attached hydrogen (secondary N) is 1. The van der Waals surface area contributed by atoms with Crippen molar-refractivity contribution in [1.29, 1.82) is 0 Å². The molecule has 1 aromatic rings. The van der Waals surface area contributed by atoms with Crippen LogP contribution in [-0.4, -0.2) is 30.3 Å². The molecule has 6 heteroatoms. The highest BCUT2D eigenvalue weighted by Gasteiger charge is 2.23. The maximum Gasteiger partial charge on any atom is 0.337 e. The van der Waals surface area contributed by atoms with Crippen LogP contribution in [0.1, 0.15) is 30.1 Å². The second kappa shape index (κ2) is 6.33. The lowest BCUT2D eigenvalue weighted by Crippen LogP contribution is -2.31. The van der Waals surface area contributed by atoms with Gasteiger partial charge in [-0.15, -0.1) is 0 Å². The number of aromatic carboxylic acids is 1. The molecule has 1 aliphatic heterocycles. The lowest BCUT2D eigenvalue weighted by Gasteiger charge is -2.29. The third-order valence-corrected chi connectivity index (χ3v) is 3.99. The molecule has 1 fully saturated rings. The van der Waals surface area contributed by atoms with Gasteiger partial charge in [0.25, 0.3) is 0 Å². The van der Waals surface area contributed by atoms with Crippen LogP contribution in [0.5, 0.6) is 0 Å². The Morgan fingerprint density at radius 2 is 2.15 bits per heavy atom. The summed E-state index contributed by atoms with van der Waals surface area (Å²) >= 11 is 6.13. The van der Waals surface area contributed by atoms with E-state index in [0.717, 1.165) is 26.1 Å². The summed E-state index contributed by atoms with van der Waals surface area (Å²) in [5.41, 5.74) is 6.53. The van der Waals surface area contributed by atoms with E-state index in [1.54, 1.807) is 6.07 Å². The highest BCUT2D eigenvalue weighted by molar-refractivity contribution is 6.34. The molecule has 0 spiro atoms. The van der Waals surface area contributed by atoms with E-state index in [9.17, 15) is 9.90 Å². The number of hydrogen-bond donors (Lipinski definition) is 3. The van der Waals surface area contributed by atoms with Crippen LogP contribution in [0.2, 0.25) is 5.02 Å². The van der Waals surface area contributed by atoms with Gasteiger partial charge in [-0.25, -0.2) is 4.79 Å². The van der Waals surface area contributed by atoms with Crippen LogP contribution in [0.25, 0.3) is 0 Å². The van der Waals surface area contributed by atoms with Crippen molar-refractivity contribution in [1.82, 2.24) is 0 Å². The zero-order valence-electron chi connectivity index (χ0n) is 11.4. The molecular formula is C14H19ClN2O3. The van der Waals surface area contributed by atoms with Gasteiger partial charge in [-0.1, -0.05) is 11.6 Å². The first kappa shape index (κ1) is 14.9. The van der Waals surface area contributed by atoms with Crippen molar-refractivity contribution in [2.75, 3.05) is 24.3 Å². The first-order valence-corrected chi connectivity index (χ1v) is 7.03. The maximum atomic E-state index is 11.3. The van der Waals surface area contributed by atoms with E-state index in [-0.39, 0.29) is 11.6 Å². The number of benzene rings is 1. The number of nitrogens with two attached hydrogens (primary N) is 1. The molecule has 1 unspecified atom stereocenters. The number of ether oxygens (including phenoxy) is 1. The molecule has 1 atom stereocenters. The van der Waals surface area contributed by atoms with Gasteiger partial charge in [0, 0.05) is 24.9 Å². The van der Waals surface area contributed by atoms with Gasteiger partial charge < -0.3 is 20.9 Å². The monoisotopic (exact) mass is 298 g/mol. The van der Waals surface area contributed by atoms with Crippen molar-refractivity contribution in [2.24, 2.45) is 5.92 Å². The molecule has 110 valence electrons. The Bertz CT molecular complexity index is 501. The summed E-state index contributed by atoms with van der Waals surface area (Å²) in [6, 6.07) is 3.11. The van der Waals surface area contributed by atoms with E-state index < -0.39 is 5.97 Å².